The quantitative estimate of drug-likeness (QED) is 0.397. The highest BCUT2D eigenvalue weighted by molar-refractivity contribution is 5.83. The molecule has 0 saturated heterocycles. The summed E-state index contributed by atoms with van der Waals surface area (Å²) in [6.45, 7) is 1.04. The third-order valence-electron chi connectivity index (χ3n) is 4.37. The monoisotopic (exact) mass is 370 g/mol. The molecule has 0 atom stereocenters. The molecule has 1 heterocycles. The van der Waals surface area contributed by atoms with E-state index in [2.05, 4.69) is 20.6 Å². The van der Waals surface area contributed by atoms with Gasteiger partial charge in [0.15, 0.2) is 5.96 Å². The van der Waals surface area contributed by atoms with Crippen LogP contribution in [0.15, 0.2) is 47.6 Å². The molecule has 7 heteroatoms. The van der Waals surface area contributed by atoms with E-state index in [1.807, 2.05) is 6.20 Å². The first kappa shape index (κ1) is 18.6. The van der Waals surface area contributed by atoms with Crippen LogP contribution in [0.5, 0.6) is 11.5 Å². The second-order valence-corrected chi connectivity index (χ2v) is 6.10. The van der Waals surface area contributed by atoms with Gasteiger partial charge >= 0.3 is 0 Å². The zero-order chi connectivity index (χ0) is 19.2. The Kier molecular flexibility index (Phi) is 5.80. The molecule has 0 aliphatic heterocycles. The van der Waals surface area contributed by atoms with Gasteiger partial charge in [-0.25, -0.2) is 4.39 Å². The normalized spacial score (nSPS) is 11.6. The van der Waals surface area contributed by atoms with Crippen molar-refractivity contribution in [1.29, 1.82) is 0 Å². The molecule has 142 valence electrons. The van der Waals surface area contributed by atoms with Crippen molar-refractivity contribution in [2.45, 2.75) is 13.0 Å². The van der Waals surface area contributed by atoms with Crippen molar-refractivity contribution in [3.63, 3.8) is 0 Å². The van der Waals surface area contributed by atoms with Gasteiger partial charge in [-0.2, -0.15) is 0 Å². The molecule has 0 radical (unpaired) electrons. The topological polar surface area (TPSA) is 81.7 Å². The zero-order valence-corrected chi connectivity index (χ0v) is 15.3. The smallest absolute Gasteiger partial charge is 0.191 e. The summed E-state index contributed by atoms with van der Waals surface area (Å²) in [5, 5.41) is 17.2. The molecule has 0 unspecified atom stereocenters. The van der Waals surface area contributed by atoms with E-state index in [0.717, 1.165) is 16.5 Å². The van der Waals surface area contributed by atoms with E-state index in [0.29, 0.717) is 36.8 Å². The van der Waals surface area contributed by atoms with Gasteiger partial charge in [0.25, 0.3) is 0 Å². The van der Waals surface area contributed by atoms with E-state index in [4.69, 9.17) is 4.74 Å². The Morgan fingerprint density at radius 2 is 2.04 bits per heavy atom. The molecule has 27 heavy (non-hydrogen) atoms. The first-order valence-corrected chi connectivity index (χ1v) is 8.66. The van der Waals surface area contributed by atoms with Gasteiger partial charge in [-0.1, -0.05) is 0 Å². The third kappa shape index (κ3) is 4.49. The number of hydrogen-bond donors (Lipinski definition) is 4. The number of aromatic hydroxyl groups is 1. The van der Waals surface area contributed by atoms with Crippen LogP contribution >= 0.6 is 0 Å². The number of guanidine groups is 1. The SMILES string of the molecule is CN=C(NCCc1c[nH]c2ccc(F)cc12)NCc1cc(OC)ccc1O. The standard InChI is InChI=1S/C20H23FN4O2/c1-22-20(25-12-14-9-16(27-2)4-6-19(14)26)23-8-7-13-11-24-18-5-3-15(21)10-17(13)18/h3-6,9-11,24,26H,7-8,12H2,1-2H3,(H2,22,23,25). The highest BCUT2D eigenvalue weighted by Gasteiger charge is 2.07. The second-order valence-electron chi connectivity index (χ2n) is 6.10. The molecule has 3 aromatic rings. The number of methoxy groups -OCH3 is 1. The van der Waals surface area contributed by atoms with E-state index < -0.39 is 0 Å². The maximum Gasteiger partial charge on any atom is 0.191 e. The lowest BCUT2D eigenvalue weighted by molar-refractivity contribution is 0.410. The van der Waals surface area contributed by atoms with Crippen LogP contribution < -0.4 is 15.4 Å². The van der Waals surface area contributed by atoms with Crippen molar-refractivity contribution in [3.8, 4) is 11.5 Å². The zero-order valence-electron chi connectivity index (χ0n) is 15.3. The Hall–Kier alpha value is -3.22. The van der Waals surface area contributed by atoms with Crippen LogP contribution in [-0.2, 0) is 13.0 Å². The van der Waals surface area contributed by atoms with E-state index in [1.54, 1.807) is 44.5 Å². The number of H-pyrrole nitrogens is 1. The summed E-state index contributed by atoms with van der Waals surface area (Å²) in [5.74, 6) is 1.24. The number of phenolic OH excluding ortho intramolecular Hbond substituents is 1. The van der Waals surface area contributed by atoms with Gasteiger partial charge in [0.2, 0.25) is 0 Å². The van der Waals surface area contributed by atoms with Crippen molar-refractivity contribution < 1.29 is 14.2 Å². The Balaban J connectivity index is 1.56. The number of aromatic amines is 1. The lowest BCUT2D eigenvalue weighted by Gasteiger charge is -2.13. The number of rotatable bonds is 6. The van der Waals surface area contributed by atoms with Gasteiger partial charge in [-0.3, -0.25) is 4.99 Å². The molecule has 0 saturated carbocycles. The highest BCUT2D eigenvalue weighted by atomic mass is 19.1. The molecule has 0 aliphatic rings. The maximum atomic E-state index is 13.5. The fraction of sp³-hybridized carbons (Fsp3) is 0.250. The number of hydrogen-bond acceptors (Lipinski definition) is 3. The fourth-order valence-electron chi connectivity index (χ4n) is 2.90. The number of halogens is 1. The van der Waals surface area contributed by atoms with Crippen LogP contribution in [0.1, 0.15) is 11.1 Å². The van der Waals surface area contributed by atoms with Gasteiger partial charge in [-0.05, 0) is 48.4 Å². The largest absolute Gasteiger partial charge is 0.508 e. The summed E-state index contributed by atoms with van der Waals surface area (Å²) in [5.41, 5.74) is 2.67. The predicted octanol–water partition coefficient (Wildman–Crippen LogP) is 2.93. The second kappa shape index (κ2) is 8.44. The van der Waals surface area contributed by atoms with Crippen LogP contribution in [-0.4, -0.2) is 36.8 Å². The average molecular weight is 370 g/mol. The minimum Gasteiger partial charge on any atom is -0.508 e. The molecule has 6 nitrogen and oxygen atoms in total. The van der Waals surface area contributed by atoms with Crippen LogP contribution in [0.3, 0.4) is 0 Å². The van der Waals surface area contributed by atoms with Crippen molar-refractivity contribution >= 4 is 16.9 Å². The average Bonchev–Trinajstić information content (AvgIpc) is 3.07. The van der Waals surface area contributed by atoms with Gasteiger partial charge in [0.1, 0.15) is 17.3 Å². The van der Waals surface area contributed by atoms with Crippen molar-refractivity contribution in [1.82, 2.24) is 15.6 Å². The molecule has 0 amide bonds. The van der Waals surface area contributed by atoms with Gasteiger partial charge in [-0.15, -0.1) is 0 Å². The van der Waals surface area contributed by atoms with Gasteiger partial charge in [0, 0.05) is 42.8 Å². The molecular formula is C20H23FN4O2. The first-order chi connectivity index (χ1) is 13.1. The summed E-state index contributed by atoms with van der Waals surface area (Å²) in [7, 11) is 3.27. The summed E-state index contributed by atoms with van der Waals surface area (Å²) < 4.78 is 18.6. The number of phenols is 1. The molecule has 2 aromatic carbocycles. The summed E-state index contributed by atoms with van der Waals surface area (Å²) >= 11 is 0. The van der Waals surface area contributed by atoms with Crippen LogP contribution in [0, 0.1) is 5.82 Å². The molecule has 0 spiro atoms. The van der Waals surface area contributed by atoms with Crippen LogP contribution in [0.2, 0.25) is 0 Å². The number of ether oxygens (including phenoxy) is 1. The third-order valence-corrected chi connectivity index (χ3v) is 4.37. The van der Waals surface area contributed by atoms with E-state index in [1.165, 1.54) is 6.07 Å². The van der Waals surface area contributed by atoms with Gasteiger partial charge < -0.3 is 25.5 Å². The highest BCUT2D eigenvalue weighted by Crippen LogP contribution is 2.22. The molecule has 0 fully saturated rings. The van der Waals surface area contributed by atoms with Crippen molar-refractivity contribution in [3.05, 3.63) is 59.5 Å². The summed E-state index contributed by atoms with van der Waals surface area (Å²) in [4.78, 5) is 7.34. The molecule has 0 aliphatic carbocycles. The molecule has 0 bridgehead atoms. The Bertz CT molecular complexity index is 952. The molecular weight excluding hydrogens is 347 g/mol. The summed E-state index contributed by atoms with van der Waals surface area (Å²) in [6.07, 6.45) is 2.62. The van der Waals surface area contributed by atoms with Crippen LogP contribution in [0.25, 0.3) is 10.9 Å². The lowest BCUT2D eigenvalue weighted by Crippen LogP contribution is -2.37. The summed E-state index contributed by atoms with van der Waals surface area (Å²) in [6, 6.07) is 9.80. The first-order valence-electron chi connectivity index (χ1n) is 8.66. The van der Waals surface area contributed by atoms with E-state index in [9.17, 15) is 9.50 Å². The number of nitrogens with one attached hydrogen (secondary N) is 3. The molecule has 3 rings (SSSR count). The lowest BCUT2D eigenvalue weighted by atomic mass is 10.1. The Morgan fingerprint density at radius 1 is 1.19 bits per heavy atom. The minimum atomic E-state index is -0.244. The number of nitrogens with zero attached hydrogens (tertiary/aromatic N) is 1. The fourth-order valence-corrected chi connectivity index (χ4v) is 2.90. The number of fused-ring (bicyclic) bond motifs is 1. The molecule has 4 N–H and O–H groups in total. The molecule has 1 aromatic heterocycles. The number of aromatic nitrogens is 1. The van der Waals surface area contributed by atoms with E-state index in [-0.39, 0.29) is 11.6 Å². The van der Waals surface area contributed by atoms with Crippen LogP contribution in [0.4, 0.5) is 4.39 Å². The number of aliphatic imine (C=N–C) groups is 1. The van der Waals surface area contributed by atoms with Crippen molar-refractivity contribution in [2.75, 3.05) is 20.7 Å². The van der Waals surface area contributed by atoms with Crippen molar-refractivity contribution in [2.24, 2.45) is 4.99 Å². The van der Waals surface area contributed by atoms with E-state index >= 15 is 0 Å². The Labute approximate surface area is 157 Å². The minimum absolute atomic E-state index is 0.194. The predicted molar refractivity (Wildman–Crippen MR) is 105 cm³/mol. The van der Waals surface area contributed by atoms with Gasteiger partial charge in [0.05, 0.1) is 7.11 Å². The maximum absolute atomic E-state index is 13.5. The number of benzene rings is 2. The Morgan fingerprint density at radius 3 is 2.81 bits per heavy atom.